The minimum absolute atomic E-state index is 0.0166. The Bertz CT molecular complexity index is 1450. The van der Waals surface area contributed by atoms with Crippen LogP contribution in [0.1, 0.15) is 25.8 Å². The van der Waals surface area contributed by atoms with Crippen LogP contribution in [0, 0.1) is 5.82 Å². The molecule has 1 fully saturated rings. The van der Waals surface area contributed by atoms with E-state index >= 15 is 0 Å². The molecule has 2 aromatic carbocycles. The molecule has 1 aliphatic heterocycles. The van der Waals surface area contributed by atoms with Crippen LogP contribution in [0.3, 0.4) is 0 Å². The molecule has 1 unspecified atom stereocenters. The van der Waals surface area contributed by atoms with Gasteiger partial charge in [-0.25, -0.2) is 19.0 Å². The summed E-state index contributed by atoms with van der Waals surface area (Å²) in [5.74, 6) is 0.0624. The topological polar surface area (TPSA) is 86.0 Å². The SMILES string of the molecule is COCC(C)Nc1nccc(-c2c(-c3ccc(F)cc3)c(=O)n(-c3ccc(Cl)cc3)n2C2CCNCC2)n1. The smallest absolute Gasteiger partial charge is 0.280 e. The first-order chi connectivity index (χ1) is 18.5. The van der Waals surface area contributed by atoms with E-state index in [4.69, 9.17) is 21.3 Å². The van der Waals surface area contributed by atoms with Crippen molar-refractivity contribution in [3.05, 3.63) is 82.0 Å². The minimum atomic E-state index is -0.369. The van der Waals surface area contributed by atoms with Crippen LogP contribution in [0.4, 0.5) is 10.3 Å². The number of hydrogen-bond acceptors (Lipinski definition) is 6. The lowest BCUT2D eigenvalue weighted by molar-refractivity contribution is 0.190. The predicted molar refractivity (Wildman–Crippen MR) is 148 cm³/mol. The molecular weight excluding hydrogens is 507 g/mol. The highest BCUT2D eigenvalue weighted by Gasteiger charge is 2.30. The number of halogens is 2. The molecule has 3 heterocycles. The van der Waals surface area contributed by atoms with E-state index in [1.54, 1.807) is 48.3 Å². The number of anilines is 1. The van der Waals surface area contributed by atoms with Crippen molar-refractivity contribution in [1.29, 1.82) is 0 Å². The van der Waals surface area contributed by atoms with Crippen molar-refractivity contribution in [2.75, 3.05) is 32.1 Å². The molecule has 4 aromatic rings. The van der Waals surface area contributed by atoms with Gasteiger partial charge in [0.15, 0.2) is 0 Å². The Morgan fingerprint density at radius 1 is 1.13 bits per heavy atom. The Morgan fingerprint density at radius 3 is 2.53 bits per heavy atom. The number of benzene rings is 2. The van der Waals surface area contributed by atoms with Crippen LogP contribution in [-0.2, 0) is 4.74 Å². The molecule has 5 rings (SSSR count). The second kappa shape index (κ2) is 11.5. The molecule has 38 heavy (non-hydrogen) atoms. The first-order valence-electron chi connectivity index (χ1n) is 12.6. The number of methoxy groups -OCH3 is 1. The monoisotopic (exact) mass is 536 g/mol. The number of nitrogens with one attached hydrogen (secondary N) is 2. The van der Waals surface area contributed by atoms with E-state index in [0.29, 0.717) is 45.8 Å². The molecule has 2 aromatic heterocycles. The Morgan fingerprint density at radius 2 is 1.84 bits per heavy atom. The zero-order chi connectivity index (χ0) is 26.6. The number of piperidine rings is 1. The molecule has 0 bridgehead atoms. The van der Waals surface area contributed by atoms with Crippen molar-refractivity contribution in [3.8, 4) is 28.2 Å². The fourth-order valence-corrected chi connectivity index (χ4v) is 5.06. The third-order valence-electron chi connectivity index (χ3n) is 6.64. The normalized spacial score (nSPS) is 14.9. The molecule has 1 saturated heterocycles. The van der Waals surface area contributed by atoms with Gasteiger partial charge in [0.25, 0.3) is 5.56 Å². The summed E-state index contributed by atoms with van der Waals surface area (Å²) in [6, 6.07) is 15.0. The van der Waals surface area contributed by atoms with Gasteiger partial charge in [0.1, 0.15) is 5.82 Å². The summed E-state index contributed by atoms with van der Waals surface area (Å²) in [4.78, 5) is 23.5. The van der Waals surface area contributed by atoms with E-state index in [2.05, 4.69) is 20.3 Å². The molecule has 2 N–H and O–H groups in total. The number of aromatic nitrogens is 4. The van der Waals surface area contributed by atoms with Gasteiger partial charge in [-0.3, -0.25) is 9.48 Å². The van der Waals surface area contributed by atoms with Crippen LogP contribution in [0.5, 0.6) is 0 Å². The molecule has 198 valence electrons. The summed E-state index contributed by atoms with van der Waals surface area (Å²) in [6.45, 7) is 4.12. The number of ether oxygens (including phenoxy) is 1. The van der Waals surface area contributed by atoms with Gasteiger partial charge >= 0.3 is 0 Å². The van der Waals surface area contributed by atoms with Crippen LogP contribution in [-0.4, -0.2) is 52.2 Å². The van der Waals surface area contributed by atoms with E-state index in [1.807, 2.05) is 19.1 Å². The van der Waals surface area contributed by atoms with Crippen LogP contribution >= 0.6 is 11.6 Å². The molecule has 0 saturated carbocycles. The lowest BCUT2D eigenvalue weighted by Gasteiger charge is -2.28. The van der Waals surface area contributed by atoms with Gasteiger partial charge in [0.05, 0.1) is 35.3 Å². The summed E-state index contributed by atoms with van der Waals surface area (Å²) in [6.07, 6.45) is 3.34. The average molecular weight is 537 g/mol. The van der Waals surface area contributed by atoms with E-state index in [9.17, 15) is 9.18 Å². The van der Waals surface area contributed by atoms with E-state index < -0.39 is 0 Å². The van der Waals surface area contributed by atoms with Crippen molar-refractivity contribution >= 4 is 17.5 Å². The van der Waals surface area contributed by atoms with Gasteiger partial charge < -0.3 is 15.4 Å². The number of nitrogens with zero attached hydrogens (tertiary/aromatic N) is 4. The molecule has 0 aliphatic carbocycles. The second-order valence-electron chi connectivity index (χ2n) is 9.42. The Labute approximate surface area is 225 Å². The van der Waals surface area contributed by atoms with Crippen LogP contribution in [0.2, 0.25) is 5.02 Å². The van der Waals surface area contributed by atoms with Crippen LogP contribution in [0.25, 0.3) is 28.2 Å². The Hall–Kier alpha value is -3.53. The summed E-state index contributed by atoms with van der Waals surface area (Å²) < 4.78 is 22.9. The van der Waals surface area contributed by atoms with Crippen molar-refractivity contribution in [1.82, 2.24) is 24.6 Å². The number of hydrogen-bond donors (Lipinski definition) is 2. The lowest BCUT2D eigenvalue weighted by Crippen LogP contribution is -2.33. The van der Waals surface area contributed by atoms with Crippen molar-refractivity contribution in [2.45, 2.75) is 31.8 Å². The molecule has 0 spiro atoms. The fourth-order valence-electron chi connectivity index (χ4n) is 4.94. The standard InChI is InChI=1S/C28H30ClFN6O2/c1-18(17-38-2)33-28-32-16-13-24(34-28)26-25(19-3-7-21(30)8-4-19)27(37)36(22-9-5-20(29)6-10-22)35(26)23-11-14-31-15-12-23/h3-10,13,16,18,23,31H,11-12,14-15,17H2,1-2H3,(H,32,33,34). The average Bonchev–Trinajstić information content (AvgIpc) is 3.23. The van der Waals surface area contributed by atoms with Crippen LogP contribution < -0.4 is 16.2 Å². The highest BCUT2D eigenvalue weighted by atomic mass is 35.5. The van der Waals surface area contributed by atoms with E-state index in [-0.39, 0.29) is 23.5 Å². The first-order valence-corrected chi connectivity index (χ1v) is 13.0. The molecule has 10 heteroatoms. The van der Waals surface area contributed by atoms with Gasteiger partial charge in [-0.05, 0) is 80.9 Å². The maximum atomic E-state index is 14.3. The zero-order valence-electron chi connectivity index (χ0n) is 21.3. The molecule has 8 nitrogen and oxygen atoms in total. The fraction of sp³-hybridized carbons (Fsp3) is 0.321. The third kappa shape index (κ3) is 5.36. The van der Waals surface area contributed by atoms with E-state index in [1.165, 1.54) is 12.1 Å². The summed E-state index contributed by atoms with van der Waals surface area (Å²) in [5.41, 5.74) is 2.79. The molecular formula is C28H30ClFN6O2. The maximum absolute atomic E-state index is 14.3. The van der Waals surface area contributed by atoms with Gasteiger partial charge in [-0.2, -0.15) is 0 Å². The summed E-state index contributed by atoms with van der Waals surface area (Å²) >= 11 is 6.18. The van der Waals surface area contributed by atoms with Crippen molar-refractivity contribution < 1.29 is 9.13 Å². The Balaban J connectivity index is 1.78. The van der Waals surface area contributed by atoms with Crippen molar-refractivity contribution in [2.24, 2.45) is 0 Å². The van der Waals surface area contributed by atoms with Gasteiger partial charge in [0.2, 0.25) is 5.95 Å². The largest absolute Gasteiger partial charge is 0.383 e. The van der Waals surface area contributed by atoms with E-state index in [0.717, 1.165) is 25.9 Å². The maximum Gasteiger partial charge on any atom is 0.280 e. The number of rotatable bonds is 8. The highest BCUT2D eigenvalue weighted by Crippen LogP contribution is 2.35. The quantitative estimate of drug-likeness (QED) is 0.332. The second-order valence-corrected chi connectivity index (χ2v) is 9.85. The zero-order valence-corrected chi connectivity index (χ0v) is 22.1. The lowest BCUT2D eigenvalue weighted by atomic mass is 10.0. The molecule has 0 radical (unpaired) electrons. The predicted octanol–water partition coefficient (Wildman–Crippen LogP) is 4.93. The highest BCUT2D eigenvalue weighted by molar-refractivity contribution is 6.30. The molecule has 1 atom stereocenters. The summed E-state index contributed by atoms with van der Waals surface area (Å²) in [5, 5.41) is 7.25. The summed E-state index contributed by atoms with van der Waals surface area (Å²) in [7, 11) is 1.64. The third-order valence-corrected chi connectivity index (χ3v) is 6.89. The molecule has 0 amide bonds. The van der Waals surface area contributed by atoms with Crippen LogP contribution in [0.15, 0.2) is 65.6 Å². The minimum Gasteiger partial charge on any atom is -0.383 e. The first kappa shape index (κ1) is 26.1. The van der Waals surface area contributed by atoms with Gasteiger partial charge in [-0.15, -0.1) is 0 Å². The molecule has 1 aliphatic rings. The Kier molecular flexibility index (Phi) is 7.87. The van der Waals surface area contributed by atoms with Gasteiger partial charge in [-0.1, -0.05) is 23.7 Å². The van der Waals surface area contributed by atoms with Crippen molar-refractivity contribution in [3.63, 3.8) is 0 Å². The van der Waals surface area contributed by atoms with Gasteiger partial charge in [0, 0.05) is 24.4 Å².